The molecule has 0 aliphatic rings. The molecule has 0 amide bonds. The quantitative estimate of drug-likeness (QED) is 0.663. The topological polar surface area (TPSA) is 69.4 Å². The van der Waals surface area contributed by atoms with Gasteiger partial charge in [0, 0.05) is 17.0 Å². The van der Waals surface area contributed by atoms with Crippen molar-refractivity contribution in [2.24, 2.45) is 5.84 Å². The molecule has 0 unspecified atom stereocenters. The van der Waals surface area contributed by atoms with Crippen LogP contribution in [0.2, 0.25) is 0 Å². The number of nitrogen functional groups attached to an aromatic ring is 1. The highest BCUT2D eigenvalue weighted by atomic mass is 16.5. The lowest BCUT2D eigenvalue weighted by Crippen LogP contribution is -2.20. The predicted octanol–water partition coefficient (Wildman–Crippen LogP) is 2.84. The third-order valence-corrected chi connectivity index (χ3v) is 2.90. The van der Waals surface area contributed by atoms with Gasteiger partial charge in [0.2, 0.25) is 0 Å². The van der Waals surface area contributed by atoms with E-state index in [2.05, 4.69) is 10.4 Å². The molecule has 0 radical (unpaired) electrons. The van der Waals surface area contributed by atoms with Crippen LogP contribution >= 0.6 is 0 Å². The van der Waals surface area contributed by atoms with E-state index >= 15 is 0 Å². The average molecular weight is 275 g/mol. The number of methoxy groups -OCH3 is 1. The Morgan fingerprint density at radius 3 is 2.60 bits per heavy atom. The van der Waals surface area contributed by atoms with Gasteiger partial charge >= 0.3 is 0 Å². The van der Waals surface area contributed by atoms with Gasteiger partial charge in [0.1, 0.15) is 11.6 Å². The molecular formula is C15H21N3O2. The van der Waals surface area contributed by atoms with Crippen LogP contribution in [0.4, 0.5) is 5.82 Å². The van der Waals surface area contributed by atoms with Gasteiger partial charge in [-0.3, -0.25) is 0 Å². The van der Waals surface area contributed by atoms with E-state index in [0.717, 1.165) is 22.2 Å². The van der Waals surface area contributed by atoms with Crippen molar-refractivity contribution in [2.45, 2.75) is 33.0 Å². The molecule has 0 atom stereocenters. The lowest BCUT2D eigenvalue weighted by Gasteiger charge is -2.20. The largest absolute Gasteiger partial charge is 0.497 e. The summed E-state index contributed by atoms with van der Waals surface area (Å²) >= 11 is 0. The fourth-order valence-electron chi connectivity index (χ4n) is 1.85. The lowest BCUT2D eigenvalue weighted by atomic mass is 10.1. The SMILES string of the molecule is COc1ccc2cc(COC(C)(C)C)c(NN)nc2c1. The molecule has 0 fully saturated rings. The molecule has 108 valence electrons. The number of nitrogens with zero attached hydrogens (tertiary/aromatic N) is 1. The van der Waals surface area contributed by atoms with E-state index in [0.29, 0.717) is 12.4 Å². The number of aromatic nitrogens is 1. The molecule has 20 heavy (non-hydrogen) atoms. The van der Waals surface area contributed by atoms with Crippen LogP contribution < -0.4 is 16.0 Å². The second-order valence-corrected chi connectivity index (χ2v) is 5.60. The van der Waals surface area contributed by atoms with Crippen molar-refractivity contribution in [3.05, 3.63) is 29.8 Å². The van der Waals surface area contributed by atoms with E-state index in [1.807, 2.05) is 45.0 Å². The van der Waals surface area contributed by atoms with Gasteiger partial charge in [0.05, 0.1) is 24.8 Å². The monoisotopic (exact) mass is 275 g/mol. The molecule has 5 heteroatoms. The number of hydrogen-bond donors (Lipinski definition) is 2. The summed E-state index contributed by atoms with van der Waals surface area (Å²) in [5, 5.41) is 1.03. The van der Waals surface area contributed by atoms with Gasteiger partial charge in [0.15, 0.2) is 0 Å². The Bertz CT molecular complexity index is 606. The van der Waals surface area contributed by atoms with E-state index in [1.54, 1.807) is 7.11 Å². The predicted molar refractivity (Wildman–Crippen MR) is 80.6 cm³/mol. The summed E-state index contributed by atoms with van der Waals surface area (Å²) in [6.07, 6.45) is 0. The molecule has 1 aromatic heterocycles. The number of fused-ring (bicyclic) bond motifs is 1. The Kier molecular flexibility index (Phi) is 4.11. The van der Waals surface area contributed by atoms with Crippen molar-refractivity contribution in [3.63, 3.8) is 0 Å². The van der Waals surface area contributed by atoms with Crippen LogP contribution in [0.5, 0.6) is 5.75 Å². The van der Waals surface area contributed by atoms with Crippen molar-refractivity contribution in [2.75, 3.05) is 12.5 Å². The Hall–Kier alpha value is -1.85. The number of pyridine rings is 1. The fourth-order valence-corrected chi connectivity index (χ4v) is 1.85. The highest BCUT2D eigenvalue weighted by Gasteiger charge is 2.13. The van der Waals surface area contributed by atoms with E-state index in [4.69, 9.17) is 15.3 Å². The minimum atomic E-state index is -0.208. The number of nitrogens with one attached hydrogen (secondary N) is 1. The number of rotatable bonds is 4. The molecule has 0 spiro atoms. The van der Waals surface area contributed by atoms with Gasteiger partial charge in [-0.2, -0.15) is 0 Å². The number of hydrazine groups is 1. The van der Waals surface area contributed by atoms with Crippen molar-refractivity contribution < 1.29 is 9.47 Å². The zero-order valence-corrected chi connectivity index (χ0v) is 12.4. The first kappa shape index (κ1) is 14.6. The Balaban J connectivity index is 2.39. The minimum Gasteiger partial charge on any atom is -0.497 e. The summed E-state index contributed by atoms with van der Waals surface area (Å²) < 4.78 is 11.0. The minimum absolute atomic E-state index is 0.208. The molecule has 0 saturated carbocycles. The summed E-state index contributed by atoms with van der Waals surface area (Å²) in [6, 6.07) is 7.79. The van der Waals surface area contributed by atoms with Crippen LogP contribution in [0.25, 0.3) is 10.9 Å². The summed E-state index contributed by atoms with van der Waals surface area (Å²) in [4.78, 5) is 4.51. The summed E-state index contributed by atoms with van der Waals surface area (Å²) in [5.74, 6) is 6.94. The van der Waals surface area contributed by atoms with Crippen molar-refractivity contribution in [1.82, 2.24) is 4.98 Å². The number of nitrogens with two attached hydrogens (primary N) is 1. The maximum Gasteiger partial charge on any atom is 0.146 e. The second-order valence-electron chi connectivity index (χ2n) is 5.60. The molecule has 0 saturated heterocycles. The van der Waals surface area contributed by atoms with E-state index in [1.165, 1.54) is 0 Å². The standard InChI is InChI=1S/C15H21N3O2/c1-15(2,3)20-9-11-7-10-5-6-12(19-4)8-13(10)17-14(11)18-16/h5-8H,9,16H2,1-4H3,(H,17,18). The maximum atomic E-state index is 5.79. The third-order valence-electron chi connectivity index (χ3n) is 2.90. The highest BCUT2D eigenvalue weighted by molar-refractivity contribution is 5.83. The van der Waals surface area contributed by atoms with E-state index in [9.17, 15) is 0 Å². The Morgan fingerprint density at radius 1 is 1.25 bits per heavy atom. The van der Waals surface area contributed by atoms with Crippen LogP contribution in [0.15, 0.2) is 24.3 Å². The Morgan fingerprint density at radius 2 is 2.00 bits per heavy atom. The van der Waals surface area contributed by atoms with Crippen LogP contribution in [0.1, 0.15) is 26.3 Å². The lowest BCUT2D eigenvalue weighted by molar-refractivity contribution is -0.0147. The summed E-state index contributed by atoms with van der Waals surface area (Å²) in [5.41, 5.74) is 4.18. The van der Waals surface area contributed by atoms with Crippen LogP contribution in [-0.2, 0) is 11.3 Å². The smallest absolute Gasteiger partial charge is 0.146 e. The molecule has 0 aliphatic carbocycles. The molecule has 2 rings (SSSR count). The van der Waals surface area contributed by atoms with Gasteiger partial charge in [0.25, 0.3) is 0 Å². The van der Waals surface area contributed by atoms with Gasteiger partial charge in [-0.1, -0.05) is 0 Å². The molecule has 0 aliphatic heterocycles. The molecule has 5 nitrogen and oxygen atoms in total. The van der Waals surface area contributed by atoms with Crippen LogP contribution in [-0.4, -0.2) is 17.7 Å². The van der Waals surface area contributed by atoms with Crippen molar-refractivity contribution in [1.29, 1.82) is 0 Å². The first-order chi connectivity index (χ1) is 9.43. The number of hydrogen-bond acceptors (Lipinski definition) is 5. The molecule has 2 aromatic rings. The molecule has 0 bridgehead atoms. The number of anilines is 1. The highest BCUT2D eigenvalue weighted by Crippen LogP contribution is 2.25. The van der Waals surface area contributed by atoms with Gasteiger partial charge in [-0.15, -0.1) is 0 Å². The maximum absolute atomic E-state index is 5.79. The summed E-state index contributed by atoms with van der Waals surface area (Å²) in [7, 11) is 1.63. The second kappa shape index (κ2) is 5.64. The Labute approximate surface area is 119 Å². The summed E-state index contributed by atoms with van der Waals surface area (Å²) in [6.45, 7) is 6.50. The van der Waals surface area contributed by atoms with Gasteiger partial charge < -0.3 is 14.9 Å². The molecule has 1 aromatic carbocycles. The fraction of sp³-hybridized carbons (Fsp3) is 0.400. The van der Waals surface area contributed by atoms with Gasteiger partial charge in [-0.25, -0.2) is 10.8 Å². The van der Waals surface area contributed by atoms with Crippen molar-refractivity contribution >= 4 is 16.7 Å². The van der Waals surface area contributed by atoms with Crippen LogP contribution in [0, 0.1) is 0 Å². The normalized spacial score (nSPS) is 11.7. The first-order valence-corrected chi connectivity index (χ1v) is 6.51. The molecule has 1 heterocycles. The molecule has 3 N–H and O–H groups in total. The third kappa shape index (κ3) is 3.37. The average Bonchev–Trinajstić information content (AvgIpc) is 2.42. The molecular weight excluding hydrogens is 254 g/mol. The number of benzene rings is 1. The zero-order valence-electron chi connectivity index (χ0n) is 12.4. The van der Waals surface area contributed by atoms with Gasteiger partial charge in [-0.05, 0) is 39.0 Å². The number of ether oxygens (including phenoxy) is 2. The van der Waals surface area contributed by atoms with E-state index in [-0.39, 0.29) is 5.60 Å². The van der Waals surface area contributed by atoms with Crippen molar-refractivity contribution in [3.8, 4) is 5.75 Å². The first-order valence-electron chi connectivity index (χ1n) is 6.51. The zero-order chi connectivity index (χ0) is 14.8. The van der Waals surface area contributed by atoms with Crippen LogP contribution in [0.3, 0.4) is 0 Å². The van der Waals surface area contributed by atoms with E-state index < -0.39 is 0 Å².